The summed E-state index contributed by atoms with van der Waals surface area (Å²) in [5, 5.41) is 0. The van der Waals surface area contributed by atoms with Gasteiger partial charge in [-0.25, -0.2) is 0 Å². The van der Waals surface area contributed by atoms with Crippen molar-refractivity contribution in [2.75, 3.05) is 0 Å². The lowest BCUT2D eigenvalue weighted by atomic mass is 10.5. The highest BCUT2D eigenvalue weighted by molar-refractivity contribution is 7.61. The Morgan fingerprint density at radius 2 is 1.57 bits per heavy atom. The first-order valence-electron chi connectivity index (χ1n) is 4.25. The molecular formula is C8H15Cl2O3P. The Hall–Kier alpha value is 0.470. The van der Waals surface area contributed by atoms with Gasteiger partial charge >= 0.3 is 7.60 Å². The summed E-state index contributed by atoms with van der Waals surface area (Å²) >= 11 is 11.1. The molecule has 0 aromatic heterocycles. The van der Waals surface area contributed by atoms with E-state index in [1.54, 1.807) is 27.7 Å². The van der Waals surface area contributed by atoms with Crippen molar-refractivity contribution in [2.24, 2.45) is 0 Å². The van der Waals surface area contributed by atoms with Gasteiger partial charge in [0.25, 0.3) is 0 Å². The predicted molar refractivity (Wildman–Crippen MR) is 59.8 cm³/mol. The lowest BCUT2D eigenvalue weighted by Crippen LogP contribution is -2.07. The molecule has 0 aromatic carbocycles. The van der Waals surface area contributed by atoms with Crippen LogP contribution < -0.4 is 0 Å². The molecule has 0 bridgehead atoms. The number of rotatable bonds is 5. The molecule has 0 aromatic rings. The molecule has 0 atom stereocenters. The Morgan fingerprint density at radius 1 is 1.21 bits per heavy atom. The van der Waals surface area contributed by atoms with Crippen LogP contribution in [-0.4, -0.2) is 12.2 Å². The fraction of sp³-hybridized carbons (Fsp3) is 0.750. The molecule has 0 amide bonds. The number of hydrogen-bond acceptors (Lipinski definition) is 3. The molecule has 3 nitrogen and oxygen atoms in total. The highest BCUT2D eigenvalue weighted by atomic mass is 35.5. The first-order chi connectivity index (χ1) is 6.31. The lowest BCUT2D eigenvalue weighted by molar-refractivity contribution is 0.148. The van der Waals surface area contributed by atoms with Gasteiger partial charge in [0, 0.05) is 5.54 Å². The lowest BCUT2D eigenvalue weighted by Gasteiger charge is -2.21. The van der Waals surface area contributed by atoms with Crippen molar-refractivity contribution in [2.45, 2.75) is 39.9 Å². The molecule has 0 N–H and O–H groups in total. The van der Waals surface area contributed by atoms with E-state index in [1.807, 2.05) is 0 Å². The van der Waals surface area contributed by atoms with Gasteiger partial charge in [0.15, 0.2) is 0 Å². The summed E-state index contributed by atoms with van der Waals surface area (Å²) in [6, 6.07) is 0. The van der Waals surface area contributed by atoms with Crippen molar-refractivity contribution in [3.05, 3.63) is 10.3 Å². The van der Waals surface area contributed by atoms with Crippen molar-refractivity contribution in [3.8, 4) is 0 Å². The molecule has 0 heterocycles. The van der Waals surface area contributed by atoms with Gasteiger partial charge in [-0.05, 0) is 27.7 Å². The third-order valence-corrected chi connectivity index (χ3v) is 4.31. The SMILES string of the molecule is CC(C)OP(=O)(OC(C)C)/C(Cl)=C\Cl. The van der Waals surface area contributed by atoms with E-state index in [2.05, 4.69) is 0 Å². The molecular weight excluding hydrogens is 246 g/mol. The maximum Gasteiger partial charge on any atom is 0.374 e. The molecule has 84 valence electrons. The quantitative estimate of drug-likeness (QED) is 0.692. The summed E-state index contributed by atoms with van der Waals surface area (Å²) in [4.78, 5) is 0. The van der Waals surface area contributed by atoms with Crippen molar-refractivity contribution < 1.29 is 13.6 Å². The maximum absolute atomic E-state index is 12.0. The Balaban J connectivity index is 4.77. The van der Waals surface area contributed by atoms with E-state index in [4.69, 9.17) is 32.2 Å². The first-order valence-corrected chi connectivity index (χ1v) is 6.61. The third kappa shape index (κ3) is 4.81. The second-order valence-corrected chi connectivity index (χ2v) is 6.02. The smallest absolute Gasteiger partial charge is 0.302 e. The first kappa shape index (κ1) is 14.5. The summed E-state index contributed by atoms with van der Waals surface area (Å²) in [6.45, 7) is 6.98. The summed E-state index contributed by atoms with van der Waals surface area (Å²) in [6.07, 6.45) is -0.491. The monoisotopic (exact) mass is 260 g/mol. The molecule has 0 saturated carbocycles. The molecule has 0 fully saturated rings. The van der Waals surface area contributed by atoms with Crippen LogP contribution in [0.5, 0.6) is 0 Å². The van der Waals surface area contributed by atoms with Crippen LogP contribution in [0.25, 0.3) is 0 Å². The fourth-order valence-electron chi connectivity index (χ4n) is 0.740. The van der Waals surface area contributed by atoms with E-state index in [9.17, 15) is 4.57 Å². The Bertz CT molecular complexity index is 237. The largest absolute Gasteiger partial charge is 0.374 e. The second-order valence-electron chi connectivity index (χ2n) is 3.24. The van der Waals surface area contributed by atoms with Crippen LogP contribution in [0.3, 0.4) is 0 Å². The molecule has 0 aliphatic carbocycles. The Kier molecular flexibility index (Phi) is 6.35. The summed E-state index contributed by atoms with van der Waals surface area (Å²) in [5.41, 5.74) is 1.01. The van der Waals surface area contributed by atoms with Gasteiger partial charge in [-0.3, -0.25) is 4.57 Å². The van der Waals surface area contributed by atoms with Crippen LogP contribution in [0.4, 0.5) is 0 Å². The molecule has 0 radical (unpaired) electrons. The Labute approximate surface area is 94.9 Å². The summed E-state index contributed by atoms with van der Waals surface area (Å²) in [5.74, 6) is 0. The standard InChI is InChI=1S/C8H15Cl2O3P/c1-6(2)12-14(11,8(10)5-9)13-7(3)4/h5-7H,1-4H3/b8-5-. The summed E-state index contributed by atoms with van der Waals surface area (Å²) < 4.78 is 22.2. The molecule has 0 rings (SSSR count). The number of hydrogen-bond donors (Lipinski definition) is 0. The highest BCUT2D eigenvalue weighted by Crippen LogP contribution is 2.59. The van der Waals surface area contributed by atoms with E-state index in [0.717, 1.165) is 5.54 Å². The van der Waals surface area contributed by atoms with Gasteiger partial charge in [-0.15, -0.1) is 0 Å². The normalized spacial score (nSPS) is 14.1. The van der Waals surface area contributed by atoms with Gasteiger partial charge in [-0.1, -0.05) is 23.2 Å². The van der Waals surface area contributed by atoms with Crippen molar-refractivity contribution in [1.82, 2.24) is 0 Å². The van der Waals surface area contributed by atoms with E-state index < -0.39 is 7.60 Å². The maximum atomic E-state index is 12.0. The van der Waals surface area contributed by atoms with Crippen molar-refractivity contribution in [3.63, 3.8) is 0 Å². The van der Waals surface area contributed by atoms with Crippen LogP contribution in [0.15, 0.2) is 10.3 Å². The zero-order chi connectivity index (χ0) is 11.4. The molecule has 0 spiro atoms. The van der Waals surface area contributed by atoms with Crippen LogP contribution >= 0.6 is 30.8 Å². The minimum Gasteiger partial charge on any atom is -0.302 e. The zero-order valence-electron chi connectivity index (χ0n) is 8.66. The topological polar surface area (TPSA) is 35.5 Å². The van der Waals surface area contributed by atoms with Crippen LogP contribution in [-0.2, 0) is 13.6 Å². The second kappa shape index (κ2) is 6.14. The molecule has 0 aliphatic heterocycles. The zero-order valence-corrected chi connectivity index (χ0v) is 11.1. The van der Waals surface area contributed by atoms with Crippen LogP contribution in [0.1, 0.15) is 27.7 Å². The van der Waals surface area contributed by atoms with E-state index in [1.165, 1.54) is 0 Å². The van der Waals surface area contributed by atoms with Crippen LogP contribution in [0.2, 0.25) is 0 Å². The van der Waals surface area contributed by atoms with Gasteiger partial charge in [0.1, 0.15) is 4.77 Å². The predicted octanol–water partition coefficient (Wildman–Crippen LogP) is 4.31. The van der Waals surface area contributed by atoms with Crippen LogP contribution in [0, 0.1) is 0 Å². The molecule has 14 heavy (non-hydrogen) atoms. The van der Waals surface area contributed by atoms with Gasteiger partial charge in [-0.2, -0.15) is 0 Å². The molecule has 6 heteroatoms. The highest BCUT2D eigenvalue weighted by Gasteiger charge is 2.31. The van der Waals surface area contributed by atoms with E-state index in [0.29, 0.717) is 0 Å². The minimum atomic E-state index is -3.43. The Morgan fingerprint density at radius 3 is 1.79 bits per heavy atom. The van der Waals surface area contributed by atoms with Gasteiger partial charge < -0.3 is 9.05 Å². The minimum absolute atomic E-state index is 0.0958. The van der Waals surface area contributed by atoms with E-state index in [-0.39, 0.29) is 17.0 Å². The summed E-state index contributed by atoms with van der Waals surface area (Å²) in [7, 11) is -3.43. The van der Waals surface area contributed by atoms with Gasteiger partial charge in [0.05, 0.1) is 12.2 Å². The average Bonchev–Trinajstić information content (AvgIpc) is 1.99. The van der Waals surface area contributed by atoms with E-state index >= 15 is 0 Å². The fourth-order valence-corrected chi connectivity index (χ4v) is 2.82. The molecule has 0 aliphatic rings. The molecule has 0 saturated heterocycles. The molecule has 0 unspecified atom stereocenters. The average molecular weight is 261 g/mol. The third-order valence-electron chi connectivity index (χ3n) is 1.05. The van der Waals surface area contributed by atoms with Crippen molar-refractivity contribution >= 4 is 30.8 Å². The number of halogens is 2. The van der Waals surface area contributed by atoms with Crippen molar-refractivity contribution in [1.29, 1.82) is 0 Å². The van der Waals surface area contributed by atoms with Gasteiger partial charge in [0.2, 0.25) is 0 Å².